The molecule has 0 aliphatic heterocycles. The number of rotatable bonds is 2. The fourth-order valence-electron chi connectivity index (χ4n) is 0.510. The van der Waals surface area contributed by atoms with Crippen molar-refractivity contribution in [3.8, 4) is 0 Å². The standard InChI is InChI=1S/C7H16S/c1-5-6-8(4)7(2)3/h5-6H2,1-4H3. The van der Waals surface area contributed by atoms with E-state index < -0.39 is 0 Å². The molecule has 0 nitrogen and oxygen atoms in total. The smallest absolute Gasteiger partial charge is 0.0123 e. The third-order valence-electron chi connectivity index (χ3n) is 1.21. The predicted octanol–water partition coefficient (Wildman–Crippen LogP) is 2.51. The molecule has 0 fully saturated rings. The maximum absolute atomic E-state index is 2.32. The molecule has 0 saturated carbocycles. The van der Waals surface area contributed by atoms with Crippen molar-refractivity contribution in [2.24, 2.45) is 0 Å². The van der Waals surface area contributed by atoms with Gasteiger partial charge in [0, 0.05) is 0 Å². The Morgan fingerprint density at radius 1 is 1.38 bits per heavy atom. The van der Waals surface area contributed by atoms with E-state index in [1.54, 1.807) is 4.86 Å². The first-order chi connectivity index (χ1) is 3.68. The van der Waals surface area contributed by atoms with Gasteiger partial charge in [0.15, 0.2) is 0 Å². The van der Waals surface area contributed by atoms with E-state index >= 15 is 0 Å². The maximum atomic E-state index is 2.32. The zero-order valence-electron chi connectivity index (χ0n) is 6.32. The largest absolute Gasteiger partial charge is 0.190 e. The Morgan fingerprint density at radius 3 is 2.00 bits per heavy atom. The lowest BCUT2D eigenvalue weighted by Crippen LogP contribution is -1.85. The van der Waals surface area contributed by atoms with Crippen molar-refractivity contribution < 1.29 is 0 Å². The van der Waals surface area contributed by atoms with Gasteiger partial charge in [-0.15, -0.1) is 0 Å². The van der Waals surface area contributed by atoms with Crippen LogP contribution in [0, 0.1) is 0 Å². The van der Waals surface area contributed by atoms with Gasteiger partial charge in [-0.1, -0.05) is 11.8 Å². The van der Waals surface area contributed by atoms with Gasteiger partial charge in [-0.25, -0.2) is 0 Å². The lowest BCUT2D eigenvalue weighted by atomic mass is 10.6. The van der Waals surface area contributed by atoms with Crippen molar-refractivity contribution in [1.29, 1.82) is 0 Å². The minimum atomic E-state index is 0.595. The molecule has 1 heteroatoms. The molecule has 0 radical (unpaired) electrons. The van der Waals surface area contributed by atoms with E-state index in [1.165, 1.54) is 12.2 Å². The zero-order chi connectivity index (χ0) is 6.57. The maximum Gasteiger partial charge on any atom is -0.0123 e. The summed E-state index contributed by atoms with van der Waals surface area (Å²) in [5, 5.41) is 0. The third kappa shape index (κ3) is 3.25. The van der Waals surface area contributed by atoms with Gasteiger partial charge < -0.3 is 0 Å². The van der Waals surface area contributed by atoms with Gasteiger partial charge in [0.2, 0.25) is 0 Å². The van der Waals surface area contributed by atoms with Crippen LogP contribution in [0.15, 0.2) is 0 Å². The molecule has 0 spiro atoms. The average molecular weight is 132 g/mol. The average Bonchev–Trinajstić information content (AvgIpc) is 1.67. The summed E-state index contributed by atoms with van der Waals surface area (Å²) < 4.78 is 0. The van der Waals surface area contributed by atoms with Crippen LogP contribution in [0.2, 0.25) is 0 Å². The Hall–Kier alpha value is 0.220. The van der Waals surface area contributed by atoms with Gasteiger partial charge in [-0.2, -0.15) is 10.5 Å². The summed E-state index contributed by atoms with van der Waals surface area (Å²) in [4.78, 5) is 1.59. The highest BCUT2D eigenvalue weighted by molar-refractivity contribution is 8.15. The van der Waals surface area contributed by atoms with E-state index in [0.29, 0.717) is 10.5 Å². The molecule has 0 bridgehead atoms. The summed E-state index contributed by atoms with van der Waals surface area (Å²) in [5.74, 6) is 1.38. The summed E-state index contributed by atoms with van der Waals surface area (Å²) in [6.45, 7) is 6.68. The highest BCUT2D eigenvalue weighted by Gasteiger charge is 1.85. The molecule has 8 heavy (non-hydrogen) atoms. The second-order valence-electron chi connectivity index (χ2n) is 2.25. The molecule has 0 aromatic rings. The van der Waals surface area contributed by atoms with E-state index in [9.17, 15) is 0 Å². The van der Waals surface area contributed by atoms with Crippen LogP contribution in [-0.2, 0) is 0 Å². The zero-order valence-corrected chi connectivity index (χ0v) is 7.14. The van der Waals surface area contributed by atoms with Crippen LogP contribution in [0.5, 0.6) is 0 Å². The number of hydrogen-bond acceptors (Lipinski definition) is 0. The molecule has 0 N–H and O–H groups in total. The molecular formula is C7H16S. The van der Waals surface area contributed by atoms with Crippen LogP contribution in [0.4, 0.5) is 0 Å². The molecule has 0 saturated heterocycles. The topological polar surface area (TPSA) is 0 Å². The van der Waals surface area contributed by atoms with Gasteiger partial charge >= 0.3 is 0 Å². The van der Waals surface area contributed by atoms with Crippen LogP contribution in [-0.4, -0.2) is 16.9 Å². The fourth-order valence-corrected chi connectivity index (χ4v) is 1.53. The Morgan fingerprint density at radius 2 is 1.88 bits per heavy atom. The van der Waals surface area contributed by atoms with E-state index in [1.807, 2.05) is 0 Å². The van der Waals surface area contributed by atoms with E-state index in [-0.39, 0.29) is 0 Å². The van der Waals surface area contributed by atoms with Crippen molar-refractivity contribution in [3.05, 3.63) is 0 Å². The Labute approximate surface area is 55.2 Å². The van der Waals surface area contributed by atoms with Crippen LogP contribution in [0.3, 0.4) is 0 Å². The lowest BCUT2D eigenvalue weighted by Gasteiger charge is -2.00. The van der Waals surface area contributed by atoms with Crippen molar-refractivity contribution in [2.75, 3.05) is 12.0 Å². The monoisotopic (exact) mass is 132 g/mol. The third-order valence-corrected chi connectivity index (χ3v) is 3.62. The quantitative estimate of drug-likeness (QED) is 0.506. The van der Waals surface area contributed by atoms with Crippen LogP contribution < -0.4 is 0 Å². The summed E-state index contributed by atoms with van der Waals surface area (Å²) >= 11 is 0. The highest BCUT2D eigenvalue weighted by atomic mass is 32.2. The summed E-state index contributed by atoms with van der Waals surface area (Å²) in [5.41, 5.74) is 0. The predicted molar refractivity (Wildman–Crippen MR) is 45.0 cm³/mol. The highest BCUT2D eigenvalue weighted by Crippen LogP contribution is 2.09. The second kappa shape index (κ2) is 4.13. The van der Waals surface area contributed by atoms with E-state index in [4.69, 9.17) is 0 Å². The van der Waals surface area contributed by atoms with Crippen molar-refractivity contribution >= 4 is 15.3 Å². The molecule has 0 amide bonds. The molecule has 0 aromatic carbocycles. The first kappa shape index (κ1) is 8.22. The van der Waals surface area contributed by atoms with Gasteiger partial charge in [-0.05, 0) is 32.3 Å². The number of hydrogen-bond donors (Lipinski definition) is 0. The summed E-state index contributed by atoms with van der Waals surface area (Å²) in [6.07, 6.45) is 3.64. The molecule has 0 aromatic heterocycles. The Balaban J connectivity index is 3.62. The van der Waals surface area contributed by atoms with Crippen LogP contribution >= 0.6 is 10.5 Å². The van der Waals surface area contributed by atoms with Gasteiger partial charge in [0.25, 0.3) is 0 Å². The second-order valence-corrected chi connectivity index (χ2v) is 4.75. The molecule has 0 aliphatic carbocycles. The Bertz CT molecular complexity index is 88.6. The van der Waals surface area contributed by atoms with Gasteiger partial charge in [0.1, 0.15) is 0 Å². The van der Waals surface area contributed by atoms with Crippen LogP contribution in [0.1, 0.15) is 27.2 Å². The van der Waals surface area contributed by atoms with Gasteiger partial charge in [0.05, 0.1) is 0 Å². The molecule has 0 rings (SSSR count). The lowest BCUT2D eigenvalue weighted by molar-refractivity contribution is 1.11. The normalized spacial score (nSPS) is 13.5. The van der Waals surface area contributed by atoms with Crippen molar-refractivity contribution in [2.45, 2.75) is 27.2 Å². The van der Waals surface area contributed by atoms with Gasteiger partial charge in [-0.3, -0.25) is 0 Å². The molecule has 50 valence electrons. The first-order valence-electron chi connectivity index (χ1n) is 3.11. The molecular weight excluding hydrogens is 116 g/mol. The van der Waals surface area contributed by atoms with E-state index in [0.717, 1.165) is 0 Å². The Kier molecular flexibility index (Phi) is 4.25. The minimum Gasteiger partial charge on any atom is -0.190 e. The first-order valence-corrected chi connectivity index (χ1v) is 4.91. The fraction of sp³-hybridized carbons (Fsp3) is 0.857. The van der Waals surface area contributed by atoms with Crippen molar-refractivity contribution in [3.63, 3.8) is 0 Å². The van der Waals surface area contributed by atoms with E-state index in [2.05, 4.69) is 27.0 Å². The molecule has 0 aliphatic rings. The van der Waals surface area contributed by atoms with Crippen LogP contribution in [0.25, 0.3) is 0 Å². The molecule has 1 unspecified atom stereocenters. The summed E-state index contributed by atoms with van der Waals surface area (Å²) in [7, 11) is 0.595. The SMILES string of the molecule is CCCS(C)=C(C)C. The molecule has 0 heterocycles. The summed E-state index contributed by atoms with van der Waals surface area (Å²) in [6, 6.07) is 0. The minimum absolute atomic E-state index is 0.595. The molecule has 1 atom stereocenters. The van der Waals surface area contributed by atoms with Crippen molar-refractivity contribution in [1.82, 2.24) is 0 Å².